The number of hydrogen-bond acceptors (Lipinski definition) is 0. The zero-order chi connectivity index (χ0) is 69.8. The van der Waals surface area contributed by atoms with E-state index in [2.05, 4.69) is 400 Å². The third-order valence-corrected chi connectivity index (χ3v) is 22.5. The van der Waals surface area contributed by atoms with Crippen LogP contribution in [-0.4, -0.2) is 0 Å². The van der Waals surface area contributed by atoms with Crippen molar-refractivity contribution in [1.82, 2.24) is 0 Å². The van der Waals surface area contributed by atoms with E-state index in [4.69, 9.17) is 0 Å². The van der Waals surface area contributed by atoms with Crippen molar-refractivity contribution in [2.75, 3.05) is 0 Å². The molecule has 0 bridgehead atoms. The van der Waals surface area contributed by atoms with Gasteiger partial charge in [-0.05, 0) is 220 Å². The summed E-state index contributed by atoms with van der Waals surface area (Å²) >= 11 is 0. The van der Waals surface area contributed by atoms with Crippen molar-refractivity contribution < 1.29 is 0 Å². The lowest BCUT2D eigenvalue weighted by atomic mass is 9.70. The number of fused-ring (bicyclic) bond motifs is 2. The molecule has 0 radical (unpaired) electrons. The Morgan fingerprint density at radius 1 is 0.0943 bits per heavy atom. The quantitative estimate of drug-likeness (QED) is 0.0845. The van der Waals surface area contributed by atoms with Crippen LogP contribution in [-0.2, 0) is 0 Å². The van der Waals surface area contributed by atoms with Gasteiger partial charge in [0.05, 0.1) is 0 Å². The van der Waals surface area contributed by atoms with Crippen molar-refractivity contribution in [2.24, 2.45) is 0 Å². The molecule has 21 rings (SSSR count). The van der Waals surface area contributed by atoms with Gasteiger partial charge in [0.15, 0.2) is 0 Å². The van der Waals surface area contributed by atoms with Gasteiger partial charge in [0, 0.05) is 0 Å². The molecule has 490 valence electrons. The van der Waals surface area contributed by atoms with Crippen LogP contribution in [0.4, 0.5) is 0 Å². The van der Waals surface area contributed by atoms with Gasteiger partial charge in [-0.25, -0.2) is 0 Å². The van der Waals surface area contributed by atoms with Crippen LogP contribution in [0.3, 0.4) is 0 Å². The van der Waals surface area contributed by atoms with Gasteiger partial charge in [0.2, 0.25) is 0 Å². The van der Waals surface area contributed by atoms with E-state index in [0.717, 1.165) is 66.1 Å². The second kappa shape index (κ2) is 25.0. The molecule has 0 amide bonds. The van der Waals surface area contributed by atoms with Gasteiger partial charge >= 0.3 is 0 Å². The summed E-state index contributed by atoms with van der Waals surface area (Å²) in [6.07, 6.45) is 0. The minimum atomic E-state index is 1.13. The Kier molecular flexibility index (Phi) is 14.4. The Balaban J connectivity index is 1.03. The molecule has 0 saturated carbocycles. The molecule has 21 aromatic carbocycles. The largest absolute Gasteiger partial charge is 0.0622 e. The molecule has 106 heavy (non-hydrogen) atoms. The summed E-state index contributed by atoms with van der Waals surface area (Å²) in [6.45, 7) is 0. The van der Waals surface area contributed by atoms with E-state index in [1.54, 1.807) is 0 Å². The lowest BCUT2D eigenvalue weighted by Gasteiger charge is -2.32. The van der Waals surface area contributed by atoms with E-state index in [0.29, 0.717) is 0 Å². The first-order chi connectivity index (χ1) is 52.7. The molecule has 0 heterocycles. The molecule has 0 unspecified atom stereocenters. The van der Waals surface area contributed by atoms with Crippen LogP contribution in [0.25, 0.3) is 220 Å². The van der Waals surface area contributed by atoms with E-state index < -0.39 is 0 Å². The fourth-order valence-electron chi connectivity index (χ4n) is 18.3. The Morgan fingerprint density at radius 3 is 0.528 bits per heavy atom. The van der Waals surface area contributed by atoms with Crippen molar-refractivity contribution in [3.63, 3.8) is 0 Å². The predicted molar refractivity (Wildman–Crippen MR) is 454 cm³/mol. The van der Waals surface area contributed by atoms with E-state index in [-0.39, 0.29) is 0 Å². The van der Waals surface area contributed by atoms with E-state index in [1.807, 2.05) is 0 Å². The third-order valence-electron chi connectivity index (χ3n) is 22.5. The maximum absolute atomic E-state index is 2.46. The van der Waals surface area contributed by atoms with Crippen LogP contribution < -0.4 is 0 Å². The van der Waals surface area contributed by atoms with Crippen LogP contribution in [0, 0.1) is 0 Å². The highest BCUT2D eigenvalue weighted by Crippen LogP contribution is 2.63. The molecule has 0 nitrogen and oxygen atoms in total. The lowest BCUT2D eigenvalue weighted by Crippen LogP contribution is -2.05. The standard InChI is InChI=1S/C106H66/c1-9-31-67(32-10-1)93-95(69-35-13-3-14-36-69)99(73-43-21-7-22-44-73)105(103(97(93)71-39-17-5-18-40-71)87-65-61-79-57-55-75-47-29-49-77-59-63-85(87)91(79)89(75)77)101-81-51-25-27-53-83(81)102(84-54-28-26-52-82(84)101)106-100(74-45-23-8-24-46-74)96(70-37-15-4-16-38-70)94(68-33-11-2-12-34-68)98(72-41-19-6-20-42-72)104(106)88-66-62-80-58-56-76-48-30-50-78-60-64-86(88)92(80)90(76)78/h1-66H. The van der Waals surface area contributed by atoms with Gasteiger partial charge in [0.25, 0.3) is 0 Å². The minimum Gasteiger partial charge on any atom is -0.0622 e. The molecule has 21 aromatic rings. The average Bonchev–Trinajstić information content (AvgIpc) is 0.688. The molecule has 0 aliphatic heterocycles. The fourth-order valence-corrected chi connectivity index (χ4v) is 18.3. The molecule has 0 heteroatoms. The fraction of sp³-hybridized carbons (Fsp3) is 0. The minimum absolute atomic E-state index is 1.13. The van der Waals surface area contributed by atoms with Crippen LogP contribution in [0.5, 0.6) is 0 Å². The Hall–Kier alpha value is -13.8. The van der Waals surface area contributed by atoms with Crippen molar-refractivity contribution in [2.45, 2.75) is 0 Å². The molecule has 0 atom stereocenters. The Labute approximate surface area is 616 Å². The Morgan fingerprint density at radius 2 is 0.283 bits per heavy atom. The molecule has 0 spiro atoms. The summed E-state index contributed by atoms with van der Waals surface area (Å²) in [4.78, 5) is 0. The second-order valence-corrected chi connectivity index (χ2v) is 28.2. The van der Waals surface area contributed by atoms with Crippen molar-refractivity contribution in [1.29, 1.82) is 0 Å². The summed E-state index contributed by atoms with van der Waals surface area (Å²) in [5, 5.41) is 19.5. The molecule has 0 fully saturated rings. The highest BCUT2D eigenvalue weighted by Gasteiger charge is 2.36. The topological polar surface area (TPSA) is 0 Å². The maximum Gasteiger partial charge on any atom is -0.000116 e. The van der Waals surface area contributed by atoms with Crippen LogP contribution in [0.15, 0.2) is 400 Å². The van der Waals surface area contributed by atoms with Crippen LogP contribution >= 0.6 is 0 Å². The van der Waals surface area contributed by atoms with Gasteiger partial charge < -0.3 is 0 Å². The summed E-state index contributed by atoms with van der Waals surface area (Å²) in [5.41, 5.74) is 27.8. The molecule has 0 saturated heterocycles. The smallest absolute Gasteiger partial charge is 0.000116 e. The maximum atomic E-state index is 2.46. The summed E-state index contributed by atoms with van der Waals surface area (Å²) in [7, 11) is 0. The molecular formula is C106H66. The summed E-state index contributed by atoms with van der Waals surface area (Å²) < 4.78 is 0. The van der Waals surface area contributed by atoms with Gasteiger partial charge in [-0.1, -0.05) is 400 Å². The van der Waals surface area contributed by atoms with E-state index in [9.17, 15) is 0 Å². The van der Waals surface area contributed by atoms with Crippen LogP contribution in [0.1, 0.15) is 0 Å². The first-order valence-corrected chi connectivity index (χ1v) is 36.9. The molecular weight excluding hydrogens is 1270 g/mol. The van der Waals surface area contributed by atoms with Gasteiger partial charge in [-0.3, -0.25) is 0 Å². The predicted octanol–water partition coefficient (Wildman–Crippen LogP) is 29.8. The summed E-state index contributed by atoms with van der Waals surface area (Å²) in [5.74, 6) is 0. The Bertz CT molecular complexity index is 6460. The number of hydrogen-bond donors (Lipinski definition) is 0. The lowest BCUT2D eigenvalue weighted by molar-refractivity contribution is 1.53. The van der Waals surface area contributed by atoms with Gasteiger partial charge in [-0.2, -0.15) is 0 Å². The zero-order valence-electron chi connectivity index (χ0n) is 58.1. The molecule has 0 N–H and O–H groups in total. The SMILES string of the molecule is c1ccc(-c2c(-c3ccccc3)c(-c3ccccc3)c(-c3ccc4ccc5cccc6ccc3c4c56)c(-c3c4ccccc4c(-c4c(-c5ccccc5)c(-c5ccccc5)c(-c5ccccc5)c(-c5ccccc5)c4-c4ccc5ccc6cccc7ccc4c5c67)c4ccccc34)c2-c2ccccc2)cc1. The van der Waals surface area contributed by atoms with Crippen molar-refractivity contribution in [3.8, 4) is 134 Å². The number of benzene rings is 21. The van der Waals surface area contributed by atoms with Gasteiger partial charge in [-0.15, -0.1) is 0 Å². The van der Waals surface area contributed by atoms with Gasteiger partial charge in [0.1, 0.15) is 0 Å². The van der Waals surface area contributed by atoms with Crippen LogP contribution in [0.2, 0.25) is 0 Å². The third kappa shape index (κ3) is 9.55. The first kappa shape index (κ1) is 60.9. The summed E-state index contributed by atoms with van der Waals surface area (Å²) in [6, 6.07) is 151. The normalized spacial score (nSPS) is 11.8. The average molecular weight is 1340 g/mol. The number of rotatable bonds is 12. The van der Waals surface area contributed by atoms with E-state index in [1.165, 1.54) is 154 Å². The highest BCUT2D eigenvalue weighted by atomic mass is 14.4. The van der Waals surface area contributed by atoms with Crippen molar-refractivity contribution in [3.05, 3.63) is 400 Å². The molecule has 0 aliphatic carbocycles. The molecule has 0 aromatic heterocycles. The van der Waals surface area contributed by atoms with E-state index >= 15 is 0 Å². The van der Waals surface area contributed by atoms with Crippen molar-refractivity contribution >= 4 is 86.2 Å². The monoisotopic (exact) mass is 1340 g/mol. The first-order valence-electron chi connectivity index (χ1n) is 36.9. The zero-order valence-corrected chi connectivity index (χ0v) is 58.1. The second-order valence-electron chi connectivity index (χ2n) is 28.2. The highest BCUT2D eigenvalue weighted by molar-refractivity contribution is 6.34. The molecule has 0 aliphatic rings.